The molecule has 0 fully saturated rings. The lowest BCUT2D eigenvalue weighted by Crippen LogP contribution is -2.21. The number of allylic oxidation sites excluding steroid dienone is 3. The fraction of sp³-hybridized carbons (Fsp3) is 0.389. The molecule has 0 aliphatic carbocycles. The average molecular weight is 402 g/mol. The van der Waals surface area contributed by atoms with Gasteiger partial charge >= 0.3 is 5.51 Å². The summed E-state index contributed by atoms with van der Waals surface area (Å²) in [6.45, 7) is 7.48. The summed E-state index contributed by atoms with van der Waals surface area (Å²) in [6.07, 6.45) is 6.80. The molecule has 1 heterocycles. The van der Waals surface area contributed by atoms with Gasteiger partial charge in [0.15, 0.2) is 0 Å². The highest BCUT2D eigenvalue weighted by molar-refractivity contribution is 8.01. The van der Waals surface area contributed by atoms with E-state index in [0.717, 1.165) is 30.9 Å². The van der Waals surface area contributed by atoms with Crippen molar-refractivity contribution in [1.82, 2.24) is 0 Å². The summed E-state index contributed by atoms with van der Waals surface area (Å²) in [5, 5.41) is 0. The minimum Gasteiger partial charge on any atom is -0.397 e. The summed E-state index contributed by atoms with van der Waals surface area (Å²) >= 11 is -0.312. The first-order valence-electron chi connectivity index (χ1n) is 8.49. The summed E-state index contributed by atoms with van der Waals surface area (Å²) in [4.78, 5) is 6.08. The Bertz CT molecular complexity index is 695. The van der Waals surface area contributed by atoms with E-state index in [4.69, 9.17) is 11.5 Å². The highest BCUT2D eigenvalue weighted by atomic mass is 32.2. The van der Waals surface area contributed by atoms with Crippen molar-refractivity contribution in [2.45, 2.75) is 32.7 Å². The van der Waals surface area contributed by atoms with Crippen LogP contribution in [0.2, 0.25) is 0 Å². The molecular formula is C18H26F3N5S. The number of amidine groups is 1. The fourth-order valence-electron chi connectivity index (χ4n) is 2.24. The van der Waals surface area contributed by atoms with Crippen molar-refractivity contribution in [3.63, 3.8) is 0 Å². The highest BCUT2D eigenvalue weighted by Crippen LogP contribution is 2.34. The molecule has 1 aliphatic heterocycles. The van der Waals surface area contributed by atoms with E-state index >= 15 is 0 Å². The van der Waals surface area contributed by atoms with Crippen LogP contribution in [0.5, 0.6) is 0 Å². The number of alkyl halides is 3. The van der Waals surface area contributed by atoms with Gasteiger partial charge in [-0.2, -0.15) is 13.2 Å². The van der Waals surface area contributed by atoms with Crippen LogP contribution >= 0.6 is 11.9 Å². The number of benzene rings is 1. The van der Waals surface area contributed by atoms with Crippen molar-refractivity contribution >= 4 is 34.8 Å². The van der Waals surface area contributed by atoms with Gasteiger partial charge in [-0.25, -0.2) is 4.99 Å². The van der Waals surface area contributed by atoms with Gasteiger partial charge < -0.3 is 21.1 Å². The zero-order chi connectivity index (χ0) is 20.4. The predicted molar refractivity (Wildman–Crippen MR) is 111 cm³/mol. The Kier molecular flexibility index (Phi) is 9.07. The Hall–Kier alpha value is -2.29. The molecule has 0 saturated carbocycles. The Labute approximate surface area is 162 Å². The summed E-state index contributed by atoms with van der Waals surface area (Å²) in [5.74, 6) is 0.598. The molecule has 1 aliphatic rings. The third-order valence-electron chi connectivity index (χ3n) is 3.59. The number of nitrogens with one attached hydrogen (secondary N) is 1. The number of nitrogens with zero attached hydrogens (tertiary/aromatic N) is 2. The molecule has 0 spiro atoms. The SMILES string of the molecule is CC1=CCC=CC(N)=N1.CCN(CC)c1ccc(N)c(NSC(F)(F)F)c1. The van der Waals surface area contributed by atoms with Crippen LogP contribution < -0.4 is 21.1 Å². The van der Waals surface area contributed by atoms with E-state index in [1.165, 1.54) is 0 Å². The molecule has 2 rings (SSSR count). The Morgan fingerprint density at radius 3 is 2.48 bits per heavy atom. The normalized spacial score (nSPS) is 13.7. The quantitative estimate of drug-likeness (QED) is 0.483. The summed E-state index contributed by atoms with van der Waals surface area (Å²) in [5.41, 5.74) is 9.17. The molecule has 0 saturated heterocycles. The van der Waals surface area contributed by atoms with Gasteiger partial charge in [-0.05, 0) is 51.5 Å². The number of hydrogen-bond donors (Lipinski definition) is 3. The first-order chi connectivity index (χ1) is 12.7. The maximum absolute atomic E-state index is 12.1. The zero-order valence-electron chi connectivity index (χ0n) is 15.7. The lowest BCUT2D eigenvalue weighted by molar-refractivity contribution is -0.0323. The molecule has 0 unspecified atom stereocenters. The summed E-state index contributed by atoms with van der Waals surface area (Å²) < 4.78 is 38.6. The number of hydrogen-bond acceptors (Lipinski definition) is 6. The number of anilines is 3. The van der Waals surface area contributed by atoms with Crippen LogP contribution in [0.15, 0.2) is 47.1 Å². The first-order valence-corrected chi connectivity index (χ1v) is 9.30. The molecule has 1 aromatic carbocycles. The second-order valence-electron chi connectivity index (χ2n) is 5.61. The van der Waals surface area contributed by atoms with Crippen LogP contribution in [0.4, 0.5) is 30.2 Å². The number of rotatable bonds is 5. The predicted octanol–water partition coefficient (Wildman–Crippen LogP) is 4.90. The van der Waals surface area contributed by atoms with E-state index < -0.39 is 5.51 Å². The van der Waals surface area contributed by atoms with E-state index in [0.29, 0.717) is 11.5 Å². The van der Waals surface area contributed by atoms with Gasteiger partial charge in [0, 0.05) is 24.5 Å². The van der Waals surface area contributed by atoms with Crippen molar-refractivity contribution in [3.8, 4) is 0 Å². The molecule has 0 bridgehead atoms. The van der Waals surface area contributed by atoms with Crippen LogP contribution in [0.3, 0.4) is 0 Å². The minimum absolute atomic E-state index is 0.279. The molecule has 9 heteroatoms. The van der Waals surface area contributed by atoms with Crippen molar-refractivity contribution < 1.29 is 13.2 Å². The van der Waals surface area contributed by atoms with Gasteiger partial charge in [-0.15, -0.1) is 0 Å². The zero-order valence-corrected chi connectivity index (χ0v) is 16.5. The molecular weight excluding hydrogens is 375 g/mol. The highest BCUT2D eigenvalue weighted by Gasteiger charge is 2.29. The smallest absolute Gasteiger partial charge is 0.397 e. The molecule has 0 amide bonds. The van der Waals surface area contributed by atoms with Gasteiger partial charge in [-0.3, -0.25) is 0 Å². The standard InChI is InChI=1S/C11H16F3N3S.C7H10N2/c1-3-17(4-2)8-5-6-9(15)10(7-8)16-18-11(12,13)14;1-6-4-2-3-5-7(8)9-6/h5-7,16H,3-4,15H2,1-2H3;3-5H,2H2,1H3,(H2,8,9). The van der Waals surface area contributed by atoms with Crippen LogP contribution in [0, 0.1) is 0 Å². The maximum Gasteiger partial charge on any atom is 0.461 e. The fourth-order valence-corrected chi connectivity index (χ4v) is 2.65. The topological polar surface area (TPSA) is 79.7 Å². The van der Waals surface area contributed by atoms with E-state index in [1.807, 2.05) is 43.9 Å². The summed E-state index contributed by atoms with van der Waals surface area (Å²) in [6, 6.07) is 5.03. The number of aliphatic imine (C=N–C) groups is 1. The van der Waals surface area contributed by atoms with E-state index in [9.17, 15) is 13.2 Å². The third-order valence-corrected chi connectivity index (χ3v) is 4.14. The lowest BCUT2D eigenvalue weighted by atomic mass is 10.2. The van der Waals surface area contributed by atoms with Crippen molar-refractivity contribution in [1.29, 1.82) is 0 Å². The van der Waals surface area contributed by atoms with Crippen LogP contribution in [-0.4, -0.2) is 24.4 Å². The molecule has 0 atom stereocenters. The van der Waals surface area contributed by atoms with E-state index in [2.05, 4.69) is 9.71 Å². The maximum atomic E-state index is 12.1. The largest absolute Gasteiger partial charge is 0.461 e. The summed E-state index contributed by atoms with van der Waals surface area (Å²) in [7, 11) is 0. The Morgan fingerprint density at radius 2 is 1.89 bits per heavy atom. The van der Waals surface area contributed by atoms with Gasteiger partial charge in [0.05, 0.1) is 23.3 Å². The van der Waals surface area contributed by atoms with Gasteiger partial charge in [0.2, 0.25) is 0 Å². The molecule has 5 N–H and O–H groups in total. The first kappa shape index (κ1) is 22.8. The lowest BCUT2D eigenvalue weighted by Gasteiger charge is -2.22. The number of nitrogens with two attached hydrogens (primary N) is 2. The van der Waals surface area contributed by atoms with Crippen LogP contribution in [0.25, 0.3) is 0 Å². The molecule has 27 heavy (non-hydrogen) atoms. The minimum atomic E-state index is -4.34. The molecule has 150 valence electrons. The molecule has 1 aromatic rings. The van der Waals surface area contributed by atoms with Crippen molar-refractivity contribution in [3.05, 3.63) is 42.1 Å². The monoisotopic (exact) mass is 401 g/mol. The number of nitrogen functional groups attached to an aromatic ring is 1. The van der Waals surface area contributed by atoms with Crippen molar-refractivity contribution in [2.75, 3.05) is 28.4 Å². The Balaban J connectivity index is 0.000000337. The Morgan fingerprint density at radius 1 is 1.22 bits per heavy atom. The van der Waals surface area contributed by atoms with Crippen LogP contribution in [0.1, 0.15) is 27.2 Å². The number of halogens is 3. The van der Waals surface area contributed by atoms with Gasteiger partial charge in [0.1, 0.15) is 5.84 Å². The van der Waals surface area contributed by atoms with E-state index in [1.54, 1.807) is 18.2 Å². The van der Waals surface area contributed by atoms with Crippen molar-refractivity contribution in [2.24, 2.45) is 10.7 Å². The second kappa shape index (κ2) is 10.8. The molecule has 0 radical (unpaired) electrons. The van der Waals surface area contributed by atoms with E-state index in [-0.39, 0.29) is 17.6 Å². The van der Waals surface area contributed by atoms with Gasteiger partial charge in [-0.1, -0.05) is 12.2 Å². The van der Waals surface area contributed by atoms with Gasteiger partial charge in [0.25, 0.3) is 0 Å². The molecule has 5 nitrogen and oxygen atoms in total. The van der Waals surface area contributed by atoms with Crippen LogP contribution in [-0.2, 0) is 0 Å². The second-order valence-corrected chi connectivity index (χ2v) is 6.49. The third kappa shape index (κ3) is 8.76. The molecule has 0 aromatic heterocycles. The average Bonchev–Trinajstić information content (AvgIpc) is 2.78.